The molecule has 1 saturated carbocycles. The predicted molar refractivity (Wildman–Crippen MR) is 71.0 cm³/mol. The summed E-state index contributed by atoms with van der Waals surface area (Å²) in [6.45, 7) is 1.35. The lowest BCUT2D eigenvalue weighted by Gasteiger charge is -2.37. The summed E-state index contributed by atoms with van der Waals surface area (Å²) in [5.41, 5.74) is 5.57. The van der Waals surface area contributed by atoms with Gasteiger partial charge in [0.1, 0.15) is 0 Å². The molecule has 1 aliphatic carbocycles. The molecule has 0 aromatic carbocycles. The quantitative estimate of drug-likeness (QED) is 0.797. The molecule has 3 N–H and O–H groups in total. The van der Waals surface area contributed by atoms with Crippen molar-refractivity contribution in [2.24, 2.45) is 11.1 Å². The minimum atomic E-state index is -0.322. The Balaban J connectivity index is 2.13. The van der Waals surface area contributed by atoms with E-state index in [0.29, 0.717) is 6.54 Å². The maximum Gasteiger partial charge on any atom is 0.230 e. The summed E-state index contributed by atoms with van der Waals surface area (Å²) >= 11 is 0. The number of amides is 1. The molecule has 1 heterocycles. The number of nitrogens with zero attached hydrogens (tertiary/aromatic N) is 1. The second kappa shape index (κ2) is 6.02. The van der Waals surface area contributed by atoms with Crippen LogP contribution < -0.4 is 5.73 Å². The summed E-state index contributed by atoms with van der Waals surface area (Å²) in [5, 5.41) is 9.51. The first-order valence-electron chi connectivity index (χ1n) is 7.35. The van der Waals surface area contributed by atoms with Crippen molar-refractivity contribution in [3.8, 4) is 0 Å². The number of aliphatic hydroxyl groups excluding tert-OH is 1. The largest absolute Gasteiger partial charge is 0.394 e. The molecule has 0 radical (unpaired) electrons. The van der Waals surface area contributed by atoms with Crippen molar-refractivity contribution in [1.82, 2.24) is 4.90 Å². The third-order valence-corrected chi connectivity index (χ3v) is 4.75. The van der Waals surface area contributed by atoms with E-state index < -0.39 is 0 Å². The average molecular weight is 254 g/mol. The number of nitrogens with two attached hydrogens (primary N) is 1. The Labute approximate surface area is 110 Å². The van der Waals surface area contributed by atoms with Crippen LogP contribution in [0.15, 0.2) is 0 Å². The monoisotopic (exact) mass is 254 g/mol. The fourth-order valence-electron chi connectivity index (χ4n) is 3.50. The molecule has 0 bridgehead atoms. The van der Waals surface area contributed by atoms with Gasteiger partial charge in [-0.2, -0.15) is 0 Å². The zero-order chi connectivity index (χ0) is 13.0. The zero-order valence-corrected chi connectivity index (χ0v) is 11.2. The van der Waals surface area contributed by atoms with E-state index in [2.05, 4.69) is 0 Å². The molecule has 1 aliphatic heterocycles. The van der Waals surface area contributed by atoms with Crippen LogP contribution in [0.1, 0.15) is 51.4 Å². The number of likely N-dealkylation sites (tertiary alicyclic amines) is 1. The summed E-state index contributed by atoms with van der Waals surface area (Å²) in [5.74, 6) is 0.212. The van der Waals surface area contributed by atoms with Crippen LogP contribution in [0, 0.1) is 5.41 Å². The number of carbonyl (C=O) groups is 1. The summed E-state index contributed by atoms with van der Waals surface area (Å²) < 4.78 is 0. The molecule has 1 atom stereocenters. The molecule has 0 aromatic rings. The minimum Gasteiger partial charge on any atom is -0.394 e. The van der Waals surface area contributed by atoms with Gasteiger partial charge in [0.05, 0.1) is 18.1 Å². The second-order valence-electron chi connectivity index (χ2n) is 5.88. The Kier molecular flexibility index (Phi) is 4.62. The highest BCUT2D eigenvalue weighted by molar-refractivity contribution is 5.83. The van der Waals surface area contributed by atoms with Gasteiger partial charge in [0.25, 0.3) is 0 Å². The smallest absolute Gasteiger partial charge is 0.230 e. The van der Waals surface area contributed by atoms with E-state index >= 15 is 0 Å². The van der Waals surface area contributed by atoms with Crippen molar-refractivity contribution in [3.63, 3.8) is 0 Å². The first kappa shape index (κ1) is 13.8. The van der Waals surface area contributed by atoms with Crippen LogP contribution >= 0.6 is 0 Å². The zero-order valence-electron chi connectivity index (χ0n) is 11.2. The third-order valence-electron chi connectivity index (χ3n) is 4.75. The van der Waals surface area contributed by atoms with Crippen LogP contribution in [0.4, 0.5) is 0 Å². The number of rotatable bonds is 3. The Morgan fingerprint density at radius 3 is 2.56 bits per heavy atom. The Morgan fingerprint density at radius 1 is 1.22 bits per heavy atom. The summed E-state index contributed by atoms with van der Waals surface area (Å²) in [4.78, 5) is 14.7. The Morgan fingerprint density at radius 2 is 1.94 bits per heavy atom. The molecule has 1 amide bonds. The van der Waals surface area contributed by atoms with E-state index in [9.17, 15) is 9.90 Å². The number of carbonyl (C=O) groups excluding carboxylic acids is 1. The highest BCUT2D eigenvalue weighted by Gasteiger charge is 2.43. The first-order chi connectivity index (χ1) is 8.73. The van der Waals surface area contributed by atoms with Gasteiger partial charge in [0.2, 0.25) is 5.91 Å². The number of aliphatic hydroxyl groups is 1. The van der Waals surface area contributed by atoms with E-state index in [1.807, 2.05) is 4.90 Å². The second-order valence-corrected chi connectivity index (χ2v) is 5.88. The molecule has 104 valence electrons. The fraction of sp³-hybridized carbons (Fsp3) is 0.929. The normalized spacial score (nSPS) is 28.1. The summed E-state index contributed by atoms with van der Waals surface area (Å²) in [6.07, 6.45) is 8.35. The average Bonchev–Trinajstić information content (AvgIpc) is 2.77. The van der Waals surface area contributed by atoms with Gasteiger partial charge >= 0.3 is 0 Å². The third kappa shape index (κ3) is 2.54. The van der Waals surface area contributed by atoms with Crippen molar-refractivity contribution in [1.29, 1.82) is 0 Å². The summed E-state index contributed by atoms with van der Waals surface area (Å²) in [7, 11) is 0. The number of hydrogen-bond donors (Lipinski definition) is 2. The molecule has 18 heavy (non-hydrogen) atoms. The lowest BCUT2D eigenvalue weighted by atomic mass is 9.84. The maximum atomic E-state index is 12.8. The molecule has 2 fully saturated rings. The van der Waals surface area contributed by atoms with Gasteiger partial charge in [-0.15, -0.1) is 0 Å². The van der Waals surface area contributed by atoms with Gasteiger partial charge in [0, 0.05) is 13.1 Å². The van der Waals surface area contributed by atoms with Crippen molar-refractivity contribution < 1.29 is 9.90 Å². The highest BCUT2D eigenvalue weighted by atomic mass is 16.3. The van der Waals surface area contributed by atoms with Crippen molar-refractivity contribution in [2.45, 2.75) is 57.4 Å². The van der Waals surface area contributed by atoms with E-state index in [0.717, 1.165) is 57.9 Å². The molecule has 2 aliphatic rings. The van der Waals surface area contributed by atoms with Crippen LogP contribution in [0.2, 0.25) is 0 Å². The molecule has 0 spiro atoms. The van der Waals surface area contributed by atoms with Crippen LogP contribution in [0.25, 0.3) is 0 Å². The standard InChI is InChI=1S/C14H26N2O2/c15-11-14(7-3-4-8-14)13(18)16-9-5-1-2-6-12(16)10-17/h12,17H,1-11,15H2. The first-order valence-corrected chi connectivity index (χ1v) is 7.35. The van der Waals surface area contributed by atoms with Gasteiger partial charge in [-0.1, -0.05) is 25.7 Å². The highest BCUT2D eigenvalue weighted by Crippen LogP contribution is 2.39. The maximum absolute atomic E-state index is 12.8. The predicted octanol–water partition coefficient (Wildman–Crippen LogP) is 1.27. The molecule has 1 saturated heterocycles. The molecular formula is C14H26N2O2. The van der Waals surface area contributed by atoms with Crippen molar-refractivity contribution >= 4 is 5.91 Å². The minimum absolute atomic E-state index is 0.0176. The molecule has 4 heteroatoms. The van der Waals surface area contributed by atoms with Crippen LogP contribution in [0.3, 0.4) is 0 Å². The van der Waals surface area contributed by atoms with Crippen LogP contribution in [0.5, 0.6) is 0 Å². The van der Waals surface area contributed by atoms with Crippen molar-refractivity contribution in [3.05, 3.63) is 0 Å². The van der Waals surface area contributed by atoms with Gasteiger partial charge in [-0.05, 0) is 25.7 Å². The molecule has 0 aromatic heterocycles. The van der Waals surface area contributed by atoms with Crippen LogP contribution in [-0.4, -0.2) is 41.7 Å². The SMILES string of the molecule is NCC1(C(=O)N2CCCCCC2CO)CCCC1. The van der Waals surface area contributed by atoms with Crippen molar-refractivity contribution in [2.75, 3.05) is 19.7 Å². The molecule has 4 nitrogen and oxygen atoms in total. The Bertz CT molecular complexity index is 288. The van der Waals surface area contributed by atoms with Gasteiger partial charge in [0.15, 0.2) is 0 Å². The molecule has 1 unspecified atom stereocenters. The molecular weight excluding hydrogens is 228 g/mol. The van der Waals surface area contributed by atoms with Crippen LogP contribution in [-0.2, 0) is 4.79 Å². The van der Waals surface area contributed by atoms with E-state index in [4.69, 9.17) is 5.73 Å². The van der Waals surface area contributed by atoms with E-state index in [-0.39, 0.29) is 24.0 Å². The molecule has 2 rings (SSSR count). The van der Waals surface area contributed by atoms with E-state index in [1.165, 1.54) is 0 Å². The topological polar surface area (TPSA) is 66.6 Å². The number of hydrogen-bond acceptors (Lipinski definition) is 3. The van der Waals surface area contributed by atoms with Gasteiger partial charge < -0.3 is 15.7 Å². The summed E-state index contributed by atoms with van der Waals surface area (Å²) in [6, 6.07) is 0.0176. The lowest BCUT2D eigenvalue weighted by Crippen LogP contribution is -2.51. The Hall–Kier alpha value is -0.610. The van der Waals surface area contributed by atoms with Gasteiger partial charge in [-0.3, -0.25) is 4.79 Å². The lowest BCUT2D eigenvalue weighted by molar-refractivity contribution is -0.144. The fourth-order valence-corrected chi connectivity index (χ4v) is 3.50. The van der Waals surface area contributed by atoms with E-state index in [1.54, 1.807) is 0 Å². The van der Waals surface area contributed by atoms with Gasteiger partial charge in [-0.25, -0.2) is 0 Å².